The zero-order valence-corrected chi connectivity index (χ0v) is 13.6. The molecule has 2 heterocycles. The summed E-state index contributed by atoms with van der Waals surface area (Å²) < 4.78 is 11.3. The van der Waals surface area contributed by atoms with Crippen LogP contribution in [0.2, 0.25) is 0 Å². The third kappa shape index (κ3) is 3.72. The van der Waals surface area contributed by atoms with Crippen molar-refractivity contribution in [2.24, 2.45) is 0 Å². The van der Waals surface area contributed by atoms with Crippen LogP contribution in [-0.4, -0.2) is 63.5 Å². The average molecular weight is 348 g/mol. The summed E-state index contributed by atoms with van der Waals surface area (Å²) in [6.45, 7) is 0.794. The van der Waals surface area contributed by atoms with E-state index >= 15 is 0 Å². The van der Waals surface area contributed by atoms with Gasteiger partial charge in [-0.2, -0.15) is 0 Å². The first kappa shape index (κ1) is 17.6. The van der Waals surface area contributed by atoms with Crippen LogP contribution in [-0.2, 0) is 9.53 Å². The van der Waals surface area contributed by atoms with E-state index in [4.69, 9.17) is 9.47 Å². The molecule has 1 amide bonds. The van der Waals surface area contributed by atoms with Crippen molar-refractivity contribution < 1.29 is 29.6 Å². The number of benzene rings is 1. The first-order chi connectivity index (χ1) is 12.0. The minimum Gasteiger partial charge on any atom is -0.463 e. The molecule has 0 radical (unpaired) electrons. The summed E-state index contributed by atoms with van der Waals surface area (Å²) in [5.41, 5.74) is 0.793. The van der Waals surface area contributed by atoms with Gasteiger partial charge in [-0.3, -0.25) is 9.78 Å². The maximum atomic E-state index is 11.4. The second-order valence-electron chi connectivity index (χ2n) is 5.91. The summed E-state index contributed by atoms with van der Waals surface area (Å²) in [5, 5.41) is 33.0. The topological polar surface area (TPSA) is 121 Å². The van der Waals surface area contributed by atoms with Gasteiger partial charge in [0, 0.05) is 18.5 Å². The molecular formula is C17H20N2O6. The Bertz CT molecular complexity index is 755. The number of hydrogen-bond donors (Lipinski definition) is 4. The second kappa shape index (κ2) is 7.32. The number of carbonyl (C=O) groups excluding carboxylic acids is 1. The predicted octanol–water partition coefficient (Wildman–Crippen LogP) is -0.443. The molecule has 2 aromatic rings. The van der Waals surface area contributed by atoms with Gasteiger partial charge in [-0.15, -0.1) is 0 Å². The lowest BCUT2D eigenvalue weighted by Gasteiger charge is -2.42. The molecule has 1 saturated heterocycles. The lowest BCUT2D eigenvalue weighted by Crippen LogP contribution is -2.65. The standard InChI is InChI=1S/C17H20N2O6/c1-9(21)19-14-16(23)15(22)13(8-20)25-17(14)24-11-4-5-12-10(7-11)3-2-6-18-12/h2-7,13-17,20,22-23H,8H2,1H3,(H,19,21)/t13-,14-,15-,16-,17-/m1/s1. The van der Waals surface area contributed by atoms with E-state index < -0.39 is 43.2 Å². The summed E-state index contributed by atoms with van der Waals surface area (Å²) in [5.74, 6) is 0.0414. The molecule has 5 atom stereocenters. The minimum absolute atomic E-state index is 0.404. The first-order valence-corrected chi connectivity index (χ1v) is 7.90. The van der Waals surface area contributed by atoms with Crippen LogP contribution in [0, 0.1) is 0 Å². The molecule has 1 aliphatic heterocycles. The molecule has 4 N–H and O–H groups in total. The van der Waals surface area contributed by atoms with E-state index in [0.29, 0.717) is 5.75 Å². The van der Waals surface area contributed by atoms with Crippen LogP contribution >= 0.6 is 0 Å². The minimum atomic E-state index is -1.35. The highest BCUT2D eigenvalue weighted by Crippen LogP contribution is 2.26. The summed E-state index contributed by atoms with van der Waals surface area (Å²) >= 11 is 0. The fraction of sp³-hybridized carbons (Fsp3) is 0.412. The van der Waals surface area contributed by atoms with Crippen molar-refractivity contribution in [1.29, 1.82) is 0 Å². The Kier molecular flexibility index (Phi) is 5.14. The third-order valence-electron chi connectivity index (χ3n) is 4.08. The number of rotatable bonds is 4. The van der Waals surface area contributed by atoms with Crippen molar-refractivity contribution in [2.75, 3.05) is 6.61 Å². The van der Waals surface area contributed by atoms with Gasteiger partial charge in [0.15, 0.2) is 0 Å². The van der Waals surface area contributed by atoms with Crippen molar-refractivity contribution >= 4 is 16.8 Å². The van der Waals surface area contributed by atoms with Crippen LogP contribution in [0.25, 0.3) is 10.9 Å². The molecule has 25 heavy (non-hydrogen) atoms. The average Bonchev–Trinajstić information content (AvgIpc) is 2.61. The van der Waals surface area contributed by atoms with Gasteiger partial charge in [0.2, 0.25) is 12.2 Å². The smallest absolute Gasteiger partial charge is 0.223 e. The molecule has 1 aromatic carbocycles. The molecule has 1 aliphatic rings. The Labute approximate surface area is 144 Å². The van der Waals surface area contributed by atoms with Crippen LogP contribution in [0.5, 0.6) is 5.75 Å². The normalized spacial score (nSPS) is 29.4. The van der Waals surface area contributed by atoms with Crippen molar-refractivity contribution in [3.05, 3.63) is 36.5 Å². The molecule has 0 bridgehead atoms. The number of fused-ring (bicyclic) bond motifs is 1. The Morgan fingerprint density at radius 2 is 2.12 bits per heavy atom. The molecule has 0 spiro atoms. The van der Waals surface area contributed by atoms with Gasteiger partial charge in [-0.1, -0.05) is 6.07 Å². The van der Waals surface area contributed by atoms with E-state index in [2.05, 4.69) is 10.3 Å². The fourth-order valence-electron chi connectivity index (χ4n) is 2.83. The number of ether oxygens (including phenoxy) is 2. The molecule has 8 nitrogen and oxygen atoms in total. The van der Waals surface area contributed by atoms with Gasteiger partial charge in [0.1, 0.15) is 30.1 Å². The molecule has 0 unspecified atom stereocenters. The van der Waals surface area contributed by atoms with Gasteiger partial charge in [-0.05, 0) is 24.3 Å². The SMILES string of the molecule is CC(=O)N[C@H]1[C@H](Oc2ccc3ncccc3c2)O[C@H](CO)[C@@H](O)[C@@H]1O. The lowest BCUT2D eigenvalue weighted by atomic mass is 9.97. The van der Waals surface area contributed by atoms with E-state index in [1.807, 2.05) is 6.07 Å². The number of hydrogen-bond acceptors (Lipinski definition) is 7. The lowest BCUT2D eigenvalue weighted by molar-refractivity contribution is -0.244. The number of aliphatic hydroxyl groups excluding tert-OH is 3. The van der Waals surface area contributed by atoms with Crippen molar-refractivity contribution in [3.8, 4) is 5.75 Å². The van der Waals surface area contributed by atoms with Gasteiger partial charge >= 0.3 is 0 Å². The molecule has 134 valence electrons. The van der Waals surface area contributed by atoms with Gasteiger partial charge in [0.05, 0.1) is 12.1 Å². The van der Waals surface area contributed by atoms with Crippen LogP contribution in [0.4, 0.5) is 0 Å². The van der Waals surface area contributed by atoms with Gasteiger partial charge in [0.25, 0.3) is 0 Å². The quantitative estimate of drug-likeness (QED) is 0.591. The Balaban J connectivity index is 1.86. The highest BCUT2D eigenvalue weighted by molar-refractivity contribution is 5.79. The number of nitrogens with one attached hydrogen (secondary N) is 1. The predicted molar refractivity (Wildman–Crippen MR) is 87.7 cm³/mol. The molecule has 1 aromatic heterocycles. The number of carbonyl (C=O) groups is 1. The highest BCUT2D eigenvalue weighted by Gasteiger charge is 2.46. The summed E-state index contributed by atoms with van der Waals surface area (Å²) in [6.07, 6.45) is -3.10. The molecule has 0 aliphatic carbocycles. The zero-order valence-electron chi connectivity index (χ0n) is 13.6. The van der Waals surface area contributed by atoms with E-state index in [1.54, 1.807) is 30.5 Å². The van der Waals surface area contributed by atoms with Crippen LogP contribution in [0.1, 0.15) is 6.92 Å². The number of amides is 1. The van der Waals surface area contributed by atoms with Crippen LogP contribution < -0.4 is 10.1 Å². The summed E-state index contributed by atoms with van der Waals surface area (Å²) in [4.78, 5) is 15.6. The summed E-state index contributed by atoms with van der Waals surface area (Å²) in [7, 11) is 0. The molecular weight excluding hydrogens is 328 g/mol. The Morgan fingerprint density at radius 1 is 1.32 bits per heavy atom. The van der Waals surface area contributed by atoms with E-state index in [1.165, 1.54) is 6.92 Å². The summed E-state index contributed by atoms with van der Waals surface area (Å²) in [6, 6.07) is 7.90. The number of aromatic nitrogens is 1. The first-order valence-electron chi connectivity index (χ1n) is 7.90. The molecule has 0 saturated carbocycles. The van der Waals surface area contributed by atoms with E-state index in [0.717, 1.165) is 10.9 Å². The second-order valence-corrected chi connectivity index (χ2v) is 5.91. The van der Waals surface area contributed by atoms with Crippen LogP contribution in [0.15, 0.2) is 36.5 Å². The van der Waals surface area contributed by atoms with Crippen LogP contribution in [0.3, 0.4) is 0 Å². The maximum Gasteiger partial charge on any atom is 0.223 e. The van der Waals surface area contributed by atoms with Gasteiger partial charge in [-0.25, -0.2) is 0 Å². The Hall–Kier alpha value is -2.26. The third-order valence-corrected chi connectivity index (χ3v) is 4.08. The number of pyridine rings is 1. The fourth-order valence-corrected chi connectivity index (χ4v) is 2.83. The molecule has 3 rings (SSSR count). The monoisotopic (exact) mass is 348 g/mol. The maximum absolute atomic E-state index is 11.4. The highest BCUT2D eigenvalue weighted by atomic mass is 16.7. The van der Waals surface area contributed by atoms with E-state index in [-0.39, 0.29) is 0 Å². The van der Waals surface area contributed by atoms with Crippen molar-refractivity contribution in [3.63, 3.8) is 0 Å². The zero-order chi connectivity index (χ0) is 18.0. The van der Waals surface area contributed by atoms with Gasteiger partial charge < -0.3 is 30.1 Å². The largest absolute Gasteiger partial charge is 0.463 e. The number of nitrogens with zero attached hydrogens (tertiary/aromatic N) is 1. The Morgan fingerprint density at radius 3 is 2.84 bits per heavy atom. The van der Waals surface area contributed by atoms with E-state index in [9.17, 15) is 20.1 Å². The van der Waals surface area contributed by atoms with Crippen molar-refractivity contribution in [1.82, 2.24) is 10.3 Å². The molecule has 8 heteroatoms. The number of aliphatic hydroxyl groups is 3. The van der Waals surface area contributed by atoms with Crippen molar-refractivity contribution in [2.45, 2.75) is 37.6 Å². The molecule has 1 fully saturated rings.